The quantitative estimate of drug-likeness (QED) is 0.638. The summed E-state index contributed by atoms with van der Waals surface area (Å²) in [5, 5.41) is 6.70. The van der Waals surface area contributed by atoms with E-state index >= 15 is 0 Å². The van der Waals surface area contributed by atoms with E-state index in [2.05, 4.69) is 15.5 Å². The molecule has 1 aromatic heterocycles. The second-order valence-corrected chi connectivity index (χ2v) is 5.72. The number of ether oxygens (including phenoxy) is 3. The summed E-state index contributed by atoms with van der Waals surface area (Å²) < 4.78 is 21.1. The van der Waals surface area contributed by atoms with Gasteiger partial charge >= 0.3 is 0 Å². The Hall–Kier alpha value is -3.55. The summed E-state index contributed by atoms with van der Waals surface area (Å²) in [6, 6.07) is 12.2. The van der Waals surface area contributed by atoms with Gasteiger partial charge in [-0.3, -0.25) is 4.79 Å². The molecule has 1 amide bonds. The van der Waals surface area contributed by atoms with Crippen molar-refractivity contribution >= 4 is 5.91 Å². The molecule has 0 aliphatic rings. The molecule has 0 bridgehead atoms. The van der Waals surface area contributed by atoms with Crippen molar-refractivity contribution in [2.24, 2.45) is 0 Å². The first-order chi connectivity index (χ1) is 13.6. The summed E-state index contributed by atoms with van der Waals surface area (Å²) in [7, 11) is 3.12. The first-order valence-electron chi connectivity index (χ1n) is 8.70. The lowest BCUT2D eigenvalue weighted by Crippen LogP contribution is -2.22. The van der Waals surface area contributed by atoms with E-state index < -0.39 is 0 Å². The molecule has 0 aliphatic heterocycles. The third-order valence-corrected chi connectivity index (χ3v) is 3.94. The molecule has 1 N–H and O–H groups in total. The fourth-order valence-electron chi connectivity index (χ4n) is 2.55. The number of amides is 1. The van der Waals surface area contributed by atoms with E-state index in [0.717, 1.165) is 5.75 Å². The van der Waals surface area contributed by atoms with Crippen LogP contribution in [-0.2, 0) is 6.54 Å². The highest BCUT2D eigenvalue weighted by atomic mass is 16.5. The van der Waals surface area contributed by atoms with Gasteiger partial charge in [-0.1, -0.05) is 5.16 Å². The molecular formula is C20H21N3O5. The number of benzene rings is 2. The van der Waals surface area contributed by atoms with Crippen LogP contribution < -0.4 is 19.5 Å². The van der Waals surface area contributed by atoms with Gasteiger partial charge in [-0.05, 0) is 49.4 Å². The van der Waals surface area contributed by atoms with Gasteiger partial charge in [0.15, 0.2) is 11.5 Å². The van der Waals surface area contributed by atoms with Gasteiger partial charge in [-0.2, -0.15) is 4.98 Å². The zero-order valence-electron chi connectivity index (χ0n) is 15.9. The first-order valence-corrected chi connectivity index (χ1v) is 8.70. The number of carbonyl (C=O) groups excluding carboxylic acids is 1. The molecular weight excluding hydrogens is 362 g/mol. The largest absolute Gasteiger partial charge is 0.494 e. The van der Waals surface area contributed by atoms with Gasteiger partial charge in [0.05, 0.1) is 27.4 Å². The van der Waals surface area contributed by atoms with E-state index in [9.17, 15) is 4.79 Å². The molecule has 146 valence electrons. The van der Waals surface area contributed by atoms with Crippen LogP contribution in [0.4, 0.5) is 0 Å². The predicted molar refractivity (Wildman–Crippen MR) is 102 cm³/mol. The van der Waals surface area contributed by atoms with Gasteiger partial charge in [0.25, 0.3) is 5.91 Å². The molecule has 0 aliphatic carbocycles. The maximum Gasteiger partial charge on any atom is 0.251 e. The SMILES string of the molecule is CCOc1ccc(C(=O)NCc2nc(-c3ccc(OC)c(OC)c3)no2)cc1. The van der Waals surface area contributed by atoms with E-state index in [0.29, 0.717) is 40.9 Å². The second-order valence-electron chi connectivity index (χ2n) is 5.72. The van der Waals surface area contributed by atoms with Gasteiger partial charge < -0.3 is 24.1 Å². The number of carbonyl (C=O) groups is 1. The third-order valence-electron chi connectivity index (χ3n) is 3.94. The zero-order valence-corrected chi connectivity index (χ0v) is 15.9. The van der Waals surface area contributed by atoms with Crippen molar-refractivity contribution in [3.8, 4) is 28.6 Å². The Morgan fingerprint density at radius 2 is 1.82 bits per heavy atom. The molecule has 3 aromatic rings. The maximum atomic E-state index is 12.2. The van der Waals surface area contributed by atoms with Gasteiger partial charge in [0.2, 0.25) is 11.7 Å². The Morgan fingerprint density at radius 1 is 1.07 bits per heavy atom. The summed E-state index contributed by atoms with van der Waals surface area (Å²) in [6.07, 6.45) is 0. The minimum absolute atomic E-state index is 0.117. The average molecular weight is 383 g/mol. The van der Waals surface area contributed by atoms with E-state index in [1.807, 2.05) is 6.92 Å². The van der Waals surface area contributed by atoms with Crippen LogP contribution in [0.3, 0.4) is 0 Å². The van der Waals surface area contributed by atoms with Crippen LogP contribution in [0.15, 0.2) is 47.0 Å². The minimum atomic E-state index is -0.242. The van der Waals surface area contributed by atoms with E-state index in [1.165, 1.54) is 0 Å². The van der Waals surface area contributed by atoms with E-state index in [1.54, 1.807) is 56.7 Å². The van der Waals surface area contributed by atoms with Crippen molar-refractivity contribution in [1.29, 1.82) is 0 Å². The van der Waals surface area contributed by atoms with Gasteiger partial charge in [-0.15, -0.1) is 0 Å². The van der Waals surface area contributed by atoms with Crippen molar-refractivity contribution in [3.63, 3.8) is 0 Å². The van der Waals surface area contributed by atoms with Crippen molar-refractivity contribution in [3.05, 3.63) is 53.9 Å². The fourth-order valence-corrected chi connectivity index (χ4v) is 2.55. The standard InChI is InChI=1S/C20H21N3O5/c1-4-27-15-8-5-13(6-9-15)20(24)21-12-18-22-19(23-28-18)14-7-10-16(25-2)17(11-14)26-3/h5-11H,4,12H2,1-3H3,(H,21,24). The molecule has 8 heteroatoms. The molecule has 0 fully saturated rings. The summed E-state index contributed by atoms with van der Waals surface area (Å²) in [4.78, 5) is 16.6. The smallest absolute Gasteiger partial charge is 0.251 e. The summed E-state index contributed by atoms with van der Waals surface area (Å²) in [5.74, 6) is 2.34. The number of hydrogen-bond donors (Lipinski definition) is 1. The van der Waals surface area contributed by atoms with Crippen molar-refractivity contribution in [2.45, 2.75) is 13.5 Å². The molecule has 0 radical (unpaired) electrons. The molecule has 8 nitrogen and oxygen atoms in total. The Labute approximate surface area is 162 Å². The molecule has 0 atom stereocenters. The van der Waals surface area contributed by atoms with Crippen molar-refractivity contribution < 1.29 is 23.5 Å². The summed E-state index contributed by atoms with van der Waals surface area (Å²) >= 11 is 0. The van der Waals surface area contributed by atoms with Crippen LogP contribution in [0.5, 0.6) is 17.2 Å². The highest BCUT2D eigenvalue weighted by Crippen LogP contribution is 2.31. The van der Waals surface area contributed by atoms with Gasteiger partial charge in [-0.25, -0.2) is 0 Å². The van der Waals surface area contributed by atoms with Crippen LogP contribution >= 0.6 is 0 Å². The lowest BCUT2D eigenvalue weighted by molar-refractivity contribution is 0.0946. The monoisotopic (exact) mass is 383 g/mol. The van der Waals surface area contributed by atoms with Gasteiger partial charge in [0.1, 0.15) is 5.75 Å². The van der Waals surface area contributed by atoms with Crippen LogP contribution in [0, 0.1) is 0 Å². The topological polar surface area (TPSA) is 95.7 Å². The van der Waals surface area contributed by atoms with E-state index in [-0.39, 0.29) is 12.5 Å². The third kappa shape index (κ3) is 4.40. The Bertz CT molecular complexity index is 937. The van der Waals surface area contributed by atoms with Crippen molar-refractivity contribution in [1.82, 2.24) is 15.5 Å². The number of nitrogens with zero attached hydrogens (tertiary/aromatic N) is 2. The van der Waals surface area contributed by atoms with Crippen LogP contribution in [0.1, 0.15) is 23.2 Å². The molecule has 2 aromatic carbocycles. The Kier molecular flexibility index (Phi) is 6.11. The summed E-state index contributed by atoms with van der Waals surface area (Å²) in [6.45, 7) is 2.60. The van der Waals surface area contributed by atoms with Crippen LogP contribution in [-0.4, -0.2) is 36.9 Å². The molecule has 1 heterocycles. The lowest BCUT2D eigenvalue weighted by atomic mass is 10.2. The normalized spacial score (nSPS) is 10.4. The molecule has 0 unspecified atom stereocenters. The predicted octanol–water partition coefficient (Wildman–Crippen LogP) is 3.08. The summed E-state index contributed by atoms with van der Waals surface area (Å²) in [5.41, 5.74) is 1.23. The first kappa shape index (κ1) is 19.2. The fraction of sp³-hybridized carbons (Fsp3) is 0.250. The molecule has 0 saturated heterocycles. The van der Waals surface area contributed by atoms with Gasteiger partial charge in [0, 0.05) is 11.1 Å². The number of nitrogens with one attached hydrogen (secondary N) is 1. The number of hydrogen-bond acceptors (Lipinski definition) is 7. The van der Waals surface area contributed by atoms with Crippen LogP contribution in [0.25, 0.3) is 11.4 Å². The number of rotatable bonds is 8. The number of aromatic nitrogens is 2. The molecule has 28 heavy (non-hydrogen) atoms. The lowest BCUT2D eigenvalue weighted by Gasteiger charge is -2.07. The second kappa shape index (κ2) is 8.90. The van der Waals surface area contributed by atoms with E-state index in [4.69, 9.17) is 18.7 Å². The minimum Gasteiger partial charge on any atom is -0.494 e. The van der Waals surface area contributed by atoms with Crippen LogP contribution in [0.2, 0.25) is 0 Å². The zero-order chi connectivity index (χ0) is 19.9. The highest BCUT2D eigenvalue weighted by Gasteiger charge is 2.13. The molecule has 3 rings (SSSR count). The maximum absolute atomic E-state index is 12.2. The highest BCUT2D eigenvalue weighted by molar-refractivity contribution is 5.94. The molecule has 0 spiro atoms. The Morgan fingerprint density at radius 3 is 2.50 bits per heavy atom. The average Bonchev–Trinajstić information content (AvgIpc) is 3.21. The molecule has 0 saturated carbocycles. The van der Waals surface area contributed by atoms with Crippen molar-refractivity contribution in [2.75, 3.05) is 20.8 Å². The number of methoxy groups -OCH3 is 2. The Balaban J connectivity index is 1.64.